The van der Waals surface area contributed by atoms with E-state index in [-0.39, 0.29) is 22.9 Å². The van der Waals surface area contributed by atoms with Crippen molar-refractivity contribution in [2.24, 2.45) is 0 Å². The van der Waals surface area contributed by atoms with Gasteiger partial charge in [0.25, 0.3) is 15.7 Å². The van der Waals surface area contributed by atoms with Crippen LogP contribution >= 0.6 is 0 Å². The summed E-state index contributed by atoms with van der Waals surface area (Å²) < 4.78 is 40.7. The zero-order valence-corrected chi connectivity index (χ0v) is 20.5. The van der Waals surface area contributed by atoms with Crippen LogP contribution in [0.25, 0.3) is 16.6 Å². The number of esters is 1. The topological polar surface area (TPSA) is 130 Å². The second kappa shape index (κ2) is 9.70. The molecule has 0 aliphatic rings. The summed E-state index contributed by atoms with van der Waals surface area (Å²) >= 11 is 0. The van der Waals surface area contributed by atoms with Crippen LogP contribution in [0.4, 0.5) is 11.4 Å². The van der Waals surface area contributed by atoms with Gasteiger partial charge < -0.3 is 14.0 Å². The van der Waals surface area contributed by atoms with Crippen LogP contribution in [0.5, 0.6) is 5.75 Å². The Balaban J connectivity index is 1.83. The molecule has 36 heavy (non-hydrogen) atoms. The van der Waals surface area contributed by atoms with Crippen LogP contribution in [-0.2, 0) is 14.8 Å². The van der Waals surface area contributed by atoms with Gasteiger partial charge in [-0.1, -0.05) is 6.07 Å². The predicted molar refractivity (Wildman–Crippen MR) is 134 cm³/mol. The number of sulfonamides is 1. The standard InChI is InChI=1S/C25H23N3O7S/c1-4-35-25(29)24-16(2)27(18-9-11-20(34-3)12-10-18)23-13-8-17(14-22(23)24)26-36(32,33)21-7-5-6-19(15-21)28(30)31/h5-15,26H,4H2,1-3H3. The zero-order chi connectivity index (χ0) is 26.0. The number of nitro groups is 1. The average molecular weight is 510 g/mol. The molecule has 0 spiro atoms. The van der Waals surface area contributed by atoms with Gasteiger partial charge >= 0.3 is 5.97 Å². The lowest BCUT2D eigenvalue weighted by molar-refractivity contribution is -0.385. The first kappa shape index (κ1) is 24.7. The molecule has 1 aromatic heterocycles. The van der Waals surface area contributed by atoms with Gasteiger partial charge in [-0.15, -0.1) is 0 Å². The minimum Gasteiger partial charge on any atom is -0.497 e. The Morgan fingerprint density at radius 3 is 2.44 bits per heavy atom. The molecule has 0 bridgehead atoms. The number of rotatable bonds is 8. The number of non-ortho nitro benzene ring substituents is 1. The Labute approximate surface area is 207 Å². The third-order valence-electron chi connectivity index (χ3n) is 5.61. The molecule has 1 N–H and O–H groups in total. The van der Waals surface area contributed by atoms with E-state index in [4.69, 9.17) is 9.47 Å². The van der Waals surface area contributed by atoms with E-state index in [1.54, 1.807) is 51.3 Å². The van der Waals surface area contributed by atoms with Crippen LogP contribution in [0.1, 0.15) is 23.0 Å². The first-order valence-electron chi connectivity index (χ1n) is 10.9. The summed E-state index contributed by atoms with van der Waals surface area (Å²) in [5.74, 6) is 0.141. The van der Waals surface area contributed by atoms with E-state index in [1.165, 1.54) is 18.2 Å². The molecule has 0 aliphatic heterocycles. The highest BCUT2D eigenvalue weighted by Gasteiger charge is 2.24. The maximum Gasteiger partial charge on any atom is 0.340 e. The fraction of sp³-hybridized carbons (Fsp3) is 0.160. The highest BCUT2D eigenvalue weighted by Crippen LogP contribution is 2.33. The summed E-state index contributed by atoms with van der Waals surface area (Å²) in [5, 5.41) is 11.6. The van der Waals surface area contributed by atoms with Crippen molar-refractivity contribution in [2.45, 2.75) is 18.7 Å². The number of nitrogens with zero attached hydrogens (tertiary/aromatic N) is 2. The van der Waals surface area contributed by atoms with E-state index in [1.807, 2.05) is 16.7 Å². The third-order valence-corrected chi connectivity index (χ3v) is 6.98. The van der Waals surface area contributed by atoms with Gasteiger partial charge in [0.15, 0.2) is 0 Å². The van der Waals surface area contributed by atoms with E-state index >= 15 is 0 Å². The lowest BCUT2D eigenvalue weighted by atomic mass is 10.1. The van der Waals surface area contributed by atoms with E-state index in [9.17, 15) is 23.3 Å². The molecule has 0 unspecified atom stereocenters. The minimum absolute atomic E-state index is 0.173. The molecular weight excluding hydrogens is 486 g/mol. The molecule has 10 nitrogen and oxygen atoms in total. The van der Waals surface area contributed by atoms with Crippen LogP contribution in [0, 0.1) is 17.0 Å². The molecule has 0 radical (unpaired) electrons. The van der Waals surface area contributed by atoms with Gasteiger partial charge in [0, 0.05) is 34.6 Å². The van der Waals surface area contributed by atoms with Crippen molar-refractivity contribution < 1.29 is 27.6 Å². The number of hydrogen-bond donors (Lipinski definition) is 1. The van der Waals surface area contributed by atoms with Gasteiger partial charge in [-0.2, -0.15) is 0 Å². The molecule has 0 aliphatic carbocycles. The molecule has 0 atom stereocenters. The molecule has 11 heteroatoms. The van der Waals surface area contributed by atoms with Gasteiger partial charge in [-0.3, -0.25) is 14.8 Å². The van der Waals surface area contributed by atoms with E-state index in [2.05, 4.69) is 4.72 Å². The quantitative estimate of drug-likeness (QED) is 0.204. The summed E-state index contributed by atoms with van der Waals surface area (Å²) in [6.45, 7) is 3.66. The number of nitro benzene ring substituents is 1. The van der Waals surface area contributed by atoms with Crippen molar-refractivity contribution >= 4 is 38.3 Å². The Morgan fingerprint density at radius 1 is 1.08 bits per heavy atom. The van der Waals surface area contributed by atoms with Crippen LogP contribution < -0.4 is 9.46 Å². The number of hydrogen-bond acceptors (Lipinski definition) is 7. The molecule has 0 saturated carbocycles. The van der Waals surface area contributed by atoms with E-state index in [0.29, 0.717) is 27.9 Å². The fourth-order valence-corrected chi connectivity index (χ4v) is 5.07. The Hall–Kier alpha value is -4.38. The van der Waals surface area contributed by atoms with Crippen LogP contribution in [0.2, 0.25) is 0 Å². The van der Waals surface area contributed by atoms with Crippen molar-refractivity contribution in [3.05, 3.63) is 88.1 Å². The van der Waals surface area contributed by atoms with Crippen LogP contribution in [0.15, 0.2) is 71.6 Å². The second-order valence-electron chi connectivity index (χ2n) is 7.81. The highest BCUT2D eigenvalue weighted by atomic mass is 32.2. The summed E-state index contributed by atoms with van der Waals surface area (Å²) in [6, 6.07) is 16.8. The normalized spacial score (nSPS) is 11.3. The largest absolute Gasteiger partial charge is 0.497 e. The molecule has 0 fully saturated rings. The average Bonchev–Trinajstić information content (AvgIpc) is 3.15. The van der Waals surface area contributed by atoms with Gasteiger partial charge in [0.1, 0.15) is 5.75 Å². The molecule has 0 amide bonds. The van der Waals surface area contributed by atoms with Crippen molar-refractivity contribution in [1.82, 2.24) is 4.57 Å². The number of benzene rings is 3. The van der Waals surface area contributed by atoms with Crippen LogP contribution in [0.3, 0.4) is 0 Å². The van der Waals surface area contributed by atoms with Gasteiger partial charge in [-0.05, 0) is 62.4 Å². The maximum atomic E-state index is 12.9. The Morgan fingerprint density at radius 2 is 1.81 bits per heavy atom. The summed E-state index contributed by atoms with van der Waals surface area (Å²) in [4.78, 5) is 23.0. The monoisotopic (exact) mass is 509 g/mol. The second-order valence-corrected chi connectivity index (χ2v) is 9.49. The van der Waals surface area contributed by atoms with Crippen molar-refractivity contribution in [3.8, 4) is 11.4 Å². The highest BCUT2D eigenvalue weighted by molar-refractivity contribution is 7.92. The number of aromatic nitrogens is 1. The number of fused-ring (bicyclic) bond motifs is 1. The molecular formula is C25H23N3O7S. The number of carbonyl (C=O) groups is 1. The van der Waals surface area contributed by atoms with Crippen molar-refractivity contribution in [2.75, 3.05) is 18.4 Å². The maximum absolute atomic E-state index is 12.9. The number of anilines is 1. The predicted octanol–water partition coefficient (Wildman–Crippen LogP) is 4.83. The van der Waals surface area contributed by atoms with Gasteiger partial charge in [0.2, 0.25) is 0 Å². The van der Waals surface area contributed by atoms with Crippen molar-refractivity contribution in [1.29, 1.82) is 0 Å². The van der Waals surface area contributed by atoms with Crippen LogP contribution in [-0.4, -0.2) is 37.6 Å². The van der Waals surface area contributed by atoms with Gasteiger partial charge in [-0.25, -0.2) is 13.2 Å². The van der Waals surface area contributed by atoms with E-state index in [0.717, 1.165) is 11.8 Å². The molecule has 4 rings (SSSR count). The summed E-state index contributed by atoms with van der Waals surface area (Å²) in [6.07, 6.45) is 0. The minimum atomic E-state index is -4.14. The smallest absolute Gasteiger partial charge is 0.340 e. The lowest BCUT2D eigenvalue weighted by Gasteiger charge is -2.11. The molecule has 1 heterocycles. The Bertz CT molecular complexity index is 1580. The lowest BCUT2D eigenvalue weighted by Crippen LogP contribution is -2.13. The first-order valence-corrected chi connectivity index (χ1v) is 12.4. The molecule has 4 aromatic rings. The number of nitrogens with one attached hydrogen (secondary N) is 1. The SMILES string of the molecule is CCOC(=O)c1c(C)n(-c2ccc(OC)cc2)c2ccc(NS(=O)(=O)c3cccc([N+](=O)[O-])c3)cc12. The molecule has 0 saturated heterocycles. The van der Waals surface area contributed by atoms with E-state index < -0.39 is 20.9 Å². The summed E-state index contributed by atoms with van der Waals surface area (Å²) in [5.41, 5.74) is 2.21. The van der Waals surface area contributed by atoms with Crippen molar-refractivity contribution in [3.63, 3.8) is 0 Å². The zero-order valence-electron chi connectivity index (χ0n) is 19.7. The number of methoxy groups -OCH3 is 1. The molecule has 3 aromatic carbocycles. The van der Waals surface area contributed by atoms with Gasteiger partial charge in [0.05, 0.1) is 34.6 Å². The number of carbonyl (C=O) groups excluding carboxylic acids is 1. The fourth-order valence-electron chi connectivity index (χ4n) is 3.99. The first-order chi connectivity index (χ1) is 17.2. The third kappa shape index (κ3) is 4.60. The molecule has 186 valence electrons. The number of ether oxygens (including phenoxy) is 2. The summed E-state index contributed by atoms with van der Waals surface area (Å²) in [7, 11) is -2.57. The Kier molecular flexibility index (Phi) is 6.67.